The van der Waals surface area contributed by atoms with Crippen molar-refractivity contribution in [2.45, 2.75) is 25.7 Å². The Morgan fingerprint density at radius 3 is 1.44 bits per heavy atom. The highest BCUT2D eigenvalue weighted by Gasteiger charge is 1.97. The van der Waals surface area contributed by atoms with E-state index in [9.17, 15) is 9.59 Å². The third-order valence-electron chi connectivity index (χ3n) is 1.75. The first kappa shape index (κ1) is 14.9. The van der Waals surface area contributed by atoms with Gasteiger partial charge in [0.2, 0.25) is 0 Å². The lowest BCUT2D eigenvalue weighted by atomic mass is 10.3. The van der Waals surface area contributed by atoms with Gasteiger partial charge in [0.1, 0.15) is 0 Å². The van der Waals surface area contributed by atoms with Gasteiger partial charge in [0.25, 0.3) is 0 Å². The number of ether oxygens (including phenoxy) is 2. The van der Waals surface area contributed by atoms with Crippen molar-refractivity contribution in [1.82, 2.24) is 0 Å². The van der Waals surface area contributed by atoms with Gasteiger partial charge in [-0.15, -0.1) is 0 Å². The highest BCUT2D eigenvalue weighted by molar-refractivity contribution is 5.66. The number of carboxylic acids is 2. The molecule has 0 aliphatic rings. The van der Waals surface area contributed by atoms with Crippen molar-refractivity contribution in [1.29, 1.82) is 0 Å². The molecule has 0 aliphatic carbocycles. The van der Waals surface area contributed by atoms with Crippen molar-refractivity contribution in [3.63, 3.8) is 0 Å². The molecule has 0 aliphatic heterocycles. The molecule has 0 amide bonds. The van der Waals surface area contributed by atoms with Crippen LogP contribution < -0.4 is 0 Å². The molecule has 0 radical (unpaired) electrons. The zero-order valence-corrected chi connectivity index (χ0v) is 9.18. The van der Waals surface area contributed by atoms with E-state index in [1.54, 1.807) is 0 Å². The number of carboxylic acid groups (broad SMARTS) is 2. The summed E-state index contributed by atoms with van der Waals surface area (Å²) in [4.78, 5) is 20.2. The molecule has 0 atom stereocenters. The average molecular weight is 234 g/mol. The van der Waals surface area contributed by atoms with Crippen LogP contribution in [0.1, 0.15) is 25.7 Å². The molecule has 0 aromatic carbocycles. The van der Waals surface area contributed by atoms with Crippen LogP contribution in [0.2, 0.25) is 0 Å². The summed E-state index contributed by atoms with van der Waals surface area (Å²) in [5, 5.41) is 16.6. The van der Waals surface area contributed by atoms with Gasteiger partial charge in [-0.3, -0.25) is 9.59 Å². The molecular weight excluding hydrogens is 216 g/mol. The molecule has 0 saturated carbocycles. The predicted octanol–water partition coefficient (Wildman–Crippen LogP) is 0.749. The molecule has 6 nitrogen and oxygen atoms in total. The van der Waals surface area contributed by atoms with Crippen molar-refractivity contribution in [3.05, 3.63) is 0 Å². The first-order valence-electron chi connectivity index (χ1n) is 5.22. The molecule has 0 spiro atoms. The molecule has 16 heavy (non-hydrogen) atoms. The Morgan fingerprint density at radius 2 is 1.12 bits per heavy atom. The lowest BCUT2D eigenvalue weighted by molar-refractivity contribution is -0.139. The van der Waals surface area contributed by atoms with Gasteiger partial charge in [0.15, 0.2) is 0 Å². The second kappa shape index (κ2) is 10.4. The zero-order valence-electron chi connectivity index (χ0n) is 9.18. The lowest BCUT2D eigenvalue weighted by Crippen LogP contribution is -2.06. The summed E-state index contributed by atoms with van der Waals surface area (Å²) in [6.45, 7) is 1.48. The quantitative estimate of drug-likeness (QED) is 0.512. The molecule has 0 unspecified atom stereocenters. The Hall–Kier alpha value is -1.14. The van der Waals surface area contributed by atoms with Crippen molar-refractivity contribution < 1.29 is 29.3 Å². The highest BCUT2D eigenvalue weighted by Crippen LogP contribution is 1.93. The van der Waals surface area contributed by atoms with Crippen LogP contribution in [0.25, 0.3) is 0 Å². The van der Waals surface area contributed by atoms with E-state index < -0.39 is 11.9 Å². The second-order valence-electron chi connectivity index (χ2n) is 3.22. The highest BCUT2D eigenvalue weighted by atomic mass is 16.5. The predicted molar refractivity (Wildman–Crippen MR) is 55.4 cm³/mol. The van der Waals surface area contributed by atoms with E-state index in [-0.39, 0.29) is 26.1 Å². The third-order valence-corrected chi connectivity index (χ3v) is 1.75. The number of carbonyl (C=O) groups is 2. The minimum Gasteiger partial charge on any atom is -0.481 e. The van der Waals surface area contributed by atoms with Crippen molar-refractivity contribution in [2.75, 3.05) is 26.4 Å². The van der Waals surface area contributed by atoms with Crippen LogP contribution in [0.4, 0.5) is 0 Å². The van der Waals surface area contributed by atoms with Crippen molar-refractivity contribution in [2.24, 2.45) is 0 Å². The van der Waals surface area contributed by atoms with Gasteiger partial charge >= 0.3 is 11.9 Å². The monoisotopic (exact) mass is 234 g/mol. The first-order chi connectivity index (χ1) is 7.63. The van der Waals surface area contributed by atoms with Gasteiger partial charge in [-0.2, -0.15) is 0 Å². The van der Waals surface area contributed by atoms with Crippen LogP contribution in [-0.2, 0) is 19.1 Å². The third kappa shape index (κ3) is 12.9. The molecular formula is C10H18O6. The number of rotatable bonds is 11. The first-order valence-corrected chi connectivity index (χ1v) is 5.22. The van der Waals surface area contributed by atoms with Crippen LogP contribution in [0.15, 0.2) is 0 Å². The van der Waals surface area contributed by atoms with Gasteiger partial charge in [0, 0.05) is 13.2 Å². The topological polar surface area (TPSA) is 93.1 Å². The van der Waals surface area contributed by atoms with E-state index in [4.69, 9.17) is 19.7 Å². The van der Waals surface area contributed by atoms with E-state index in [1.807, 2.05) is 0 Å². The standard InChI is InChI=1S/C10H18O6/c11-9(12)3-7-15-5-1-2-6-16-8-4-10(13)14/h1-8H2,(H,11,12)(H,13,14). The van der Waals surface area contributed by atoms with E-state index >= 15 is 0 Å². The molecule has 0 heterocycles. The zero-order chi connectivity index (χ0) is 12.2. The van der Waals surface area contributed by atoms with Gasteiger partial charge in [0.05, 0.1) is 26.1 Å². The summed E-state index contributed by atoms with van der Waals surface area (Å²) in [6.07, 6.45) is 1.61. The maximum Gasteiger partial charge on any atom is 0.305 e. The van der Waals surface area contributed by atoms with Crippen LogP contribution in [0, 0.1) is 0 Å². The van der Waals surface area contributed by atoms with Crippen LogP contribution in [0.3, 0.4) is 0 Å². The summed E-state index contributed by atoms with van der Waals surface area (Å²) in [6, 6.07) is 0. The molecule has 0 aromatic heterocycles. The Kier molecular flexibility index (Phi) is 9.64. The fourth-order valence-electron chi connectivity index (χ4n) is 0.931. The number of aliphatic carboxylic acids is 2. The largest absolute Gasteiger partial charge is 0.481 e. The molecule has 0 saturated heterocycles. The molecule has 0 bridgehead atoms. The fraction of sp³-hybridized carbons (Fsp3) is 0.800. The molecule has 0 fully saturated rings. The summed E-state index contributed by atoms with van der Waals surface area (Å²) in [5.41, 5.74) is 0. The van der Waals surface area contributed by atoms with Crippen molar-refractivity contribution >= 4 is 11.9 Å². The SMILES string of the molecule is O=C(O)CCOCCCCOCCC(=O)O. The summed E-state index contributed by atoms with van der Waals surface area (Å²) in [5.74, 6) is -1.73. The van der Waals surface area contributed by atoms with E-state index in [2.05, 4.69) is 0 Å². The summed E-state index contributed by atoms with van der Waals surface area (Å²) in [7, 11) is 0. The number of hydrogen-bond acceptors (Lipinski definition) is 4. The maximum absolute atomic E-state index is 10.1. The number of unbranched alkanes of at least 4 members (excludes halogenated alkanes) is 1. The molecule has 0 aromatic rings. The van der Waals surface area contributed by atoms with Gasteiger partial charge in [-0.1, -0.05) is 0 Å². The van der Waals surface area contributed by atoms with Crippen LogP contribution in [-0.4, -0.2) is 48.6 Å². The molecule has 2 N–H and O–H groups in total. The molecule has 6 heteroatoms. The molecule has 0 rings (SSSR count). The Bertz CT molecular complexity index is 181. The minimum atomic E-state index is -0.864. The summed E-state index contributed by atoms with van der Waals surface area (Å²) < 4.78 is 10.1. The van der Waals surface area contributed by atoms with E-state index in [0.29, 0.717) is 13.2 Å². The maximum atomic E-state index is 10.1. The second-order valence-corrected chi connectivity index (χ2v) is 3.22. The van der Waals surface area contributed by atoms with Crippen LogP contribution >= 0.6 is 0 Å². The number of hydrogen-bond donors (Lipinski definition) is 2. The Balaban J connectivity index is 2.98. The summed E-state index contributed by atoms with van der Waals surface area (Å²) >= 11 is 0. The van der Waals surface area contributed by atoms with Gasteiger partial charge < -0.3 is 19.7 Å². The van der Waals surface area contributed by atoms with Crippen LogP contribution in [0.5, 0.6) is 0 Å². The fourth-order valence-corrected chi connectivity index (χ4v) is 0.931. The Morgan fingerprint density at radius 1 is 0.750 bits per heavy atom. The minimum absolute atomic E-state index is 0.0229. The van der Waals surface area contributed by atoms with Gasteiger partial charge in [-0.25, -0.2) is 0 Å². The average Bonchev–Trinajstić information content (AvgIpc) is 2.20. The molecule has 94 valence electrons. The Labute approximate surface area is 94.2 Å². The smallest absolute Gasteiger partial charge is 0.305 e. The lowest BCUT2D eigenvalue weighted by Gasteiger charge is -2.03. The van der Waals surface area contributed by atoms with E-state index in [1.165, 1.54) is 0 Å². The van der Waals surface area contributed by atoms with E-state index in [0.717, 1.165) is 12.8 Å². The normalized spacial score (nSPS) is 10.2. The van der Waals surface area contributed by atoms with Crippen molar-refractivity contribution in [3.8, 4) is 0 Å². The van der Waals surface area contributed by atoms with Gasteiger partial charge in [-0.05, 0) is 12.8 Å².